The first kappa shape index (κ1) is 15.8. The van der Waals surface area contributed by atoms with E-state index in [2.05, 4.69) is 54.2 Å². The molecule has 2 aromatic carbocycles. The molecule has 0 fully saturated rings. The molecule has 21 heavy (non-hydrogen) atoms. The van der Waals surface area contributed by atoms with Crippen molar-refractivity contribution >= 4 is 21.8 Å². The Balaban J connectivity index is 2.22. The Morgan fingerprint density at radius 1 is 1.05 bits per heavy atom. The van der Waals surface area contributed by atoms with Crippen LogP contribution in [0.3, 0.4) is 0 Å². The fourth-order valence-corrected chi connectivity index (χ4v) is 2.91. The second-order valence-electron chi connectivity index (χ2n) is 5.47. The van der Waals surface area contributed by atoms with E-state index >= 15 is 0 Å². The van der Waals surface area contributed by atoms with Crippen LogP contribution in [0.2, 0.25) is 0 Å². The van der Waals surface area contributed by atoms with Crippen LogP contribution in [-0.2, 0) is 0 Å². The molecule has 1 N–H and O–H groups in total. The molecule has 0 aromatic heterocycles. The first-order valence-electron chi connectivity index (χ1n) is 7.03. The molecule has 0 spiro atoms. The van der Waals surface area contributed by atoms with Crippen LogP contribution in [0.4, 0.5) is 0 Å². The van der Waals surface area contributed by atoms with Gasteiger partial charge >= 0.3 is 0 Å². The lowest BCUT2D eigenvalue weighted by Crippen LogP contribution is -2.27. The minimum atomic E-state index is -0.0624. The smallest absolute Gasteiger partial charge is 0.252 e. The first-order valence-corrected chi connectivity index (χ1v) is 7.82. The van der Waals surface area contributed by atoms with Crippen molar-refractivity contribution in [3.05, 3.63) is 68.7 Å². The van der Waals surface area contributed by atoms with Gasteiger partial charge in [0.05, 0.1) is 11.6 Å². The van der Waals surface area contributed by atoms with E-state index in [1.54, 1.807) is 0 Å². The summed E-state index contributed by atoms with van der Waals surface area (Å²) in [6, 6.07) is 11.8. The van der Waals surface area contributed by atoms with Gasteiger partial charge in [0, 0.05) is 4.47 Å². The van der Waals surface area contributed by atoms with E-state index in [-0.39, 0.29) is 11.9 Å². The van der Waals surface area contributed by atoms with Crippen molar-refractivity contribution in [1.82, 2.24) is 5.32 Å². The maximum absolute atomic E-state index is 12.4. The molecule has 2 rings (SSSR count). The normalized spacial score (nSPS) is 12.0. The van der Waals surface area contributed by atoms with E-state index in [9.17, 15) is 4.79 Å². The third kappa shape index (κ3) is 3.53. The maximum Gasteiger partial charge on any atom is 0.252 e. The van der Waals surface area contributed by atoms with E-state index in [1.807, 2.05) is 31.2 Å². The number of hydrogen-bond donors (Lipinski definition) is 1. The van der Waals surface area contributed by atoms with Crippen LogP contribution in [0, 0.1) is 20.8 Å². The number of hydrogen-bond acceptors (Lipinski definition) is 1. The van der Waals surface area contributed by atoms with Crippen molar-refractivity contribution in [1.29, 1.82) is 0 Å². The maximum atomic E-state index is 12.4. The summed E-state index contributed by atoms with van der Waals surface area (Å²) in [5, 5.41) is 3.07. The topological polar surface area (TPSA) is 29.1 Å². The number of amides is 1. The van der Waals surface area contributed by atoms with Gasteiger partial charge in [0.2, 0.25) is 0 Å². The molecule has 110 valence electrons. The second kappa shape index (κ2) is 6.44. The minimum absolute atomic E-state index is 0.0242. The van der Waals surface area contributed by atoms with E-state index in [4.69, 9.17) is 0 Å². The lowest BCUT2D eigenvalue weighted by Gasteiger charge is -2.19. The molecule has 0 radical (unpaired) electrons. The quantitative estimate of drug-likeness (QED) is 0.844. The number of halogens is 1. The van der Waals surface area contributed by atoms with Gasteiger partial charge in [-0.2, -0.15) is 0 Å². The summed E-state index contributed by atoms with van der Waals surface area (Å²) in [5.74, 6) is -0.0624. The largest absolute Gasteiger partial charge is 0.345 e. The predicted molar refractivity (Wildman–Crippen MR) is 90.7 cm³/mol. The minimum Gasteiger partial charge on any atom is -0.345 e. The third-order valence-electron chi connectivity index (χ3n) is 3.81. The Morgan fingerprint density at radius 3 is 2.33 bits per heavy atom. The van der Waals surface area contributed by atoms with E-state index in [1.165, 1.54) is 22.3 Å². The van der Waals surface area contributed by atoms with E-state index < -0.39 is 0 Å². The molecule has 0 aliphatic rings. The fraction of sp³-hybridized carbons (Fsp3) is 0.278. The van der Waals surface area contributed by atoms with Gasteiger partial charge < -0.3 is 5.32 Å². The number of aryl methyl sites for hydroxylation is 3. The first-order chi connectivity index (χ1) is 9.90. The average molecular weight is 346 g/mol. The molecule has 2 nitrogen and oxygen atoms in total. The van der Waals surface area contributed by atoms with E-state index in [0.717, 1.165) is 4.47 Å². The highest BCUT2D eigenvalue weighted by molar-refractivity contribution is 9.10. The summed E-state index contributed by atoms with van der Waals surface area (Å²) >= 11 is 3.42. The SMILES string of the molecule is Cc1cc(C)c([C@H](C)NC(=O)c2ccccc2Br)cc1C. The number of rotatable bonds is 3. The molecule has 0 saturated heterocycles. The van der Waals surface area contributed by atoms with Crippen LogP contribution in [0.1, 0.15) is 45.6 Å². The van der Waals surface area contributed by atoms with Crippen molar-refractivity contribution in [3.8, 4) is 0 Å². The summed E-state index contributed by atoms with van der Waals surface area (Å²) in [4.78, 5) is 12.4. The fourth-order valence-electron chi connectivity index (χ4n) is 2.45. The van der Waals surface area contributed by atoms with Crippen molar-refractivity contribution in [2.45, 2.75) is 33.7 Å². The van der Waals surface area contributed by atoms with Crippen molar-refractivity contribution in [2.24, 2.45) is 0 Å². The molecule has 0 aliphatic heterocycles. The summed E-state index contributed by atoms with van der Waals surface area (Å²) < 4.78 is 0.812. The van der Waals surface area contributed by atoms with Crippen LogP contribution in [0.5, 0.6) is 0 Å². The molecule has 0 bridgehead atoms. The predicted octanol–water partition coefficient (Wildman–Crippen LogP) is 4.87. The average Bonchev–Trinajstić information content (AvgIpc) is 2.43. The van der Waals surface area contributed by atoms with Gasteiger partial charge in [0.1, 0.15) is 0 Å². The summed E-state index contributed by atoms with van der Waals surface area (Å²) in [7, 11) is 0. The highest BCUT2D eigenvalue weighted by atomic mass is 79.9. The van der Waals surface area contributed by atoms with Gasteiger partial charge in [0.25, 0.3) is 5.91 Å². The molecular formula is C18H20BrNO. The molecule has 1 amide bonds. The summed E-state index contributed by atoms with van der Waals surface area (Å²) in [6.07, 6.45) is 0. The highest BCUT2D eigenvalue weighted by Crippen LogP contribution is 2.23. The third-order valence-corrected chi connectivity index (χ3v) is 4.51. The van der Waals surface area contributed by atoms with Crippen molar-refractivity contribution in [2.75, 3.05) is 0 Å². The zero-order chi connectivity index (χ0) is 15.6. The van der Waals surface area contributed by atoms with Crippen LogP contribution in [-0.4, -0.2) is 5.91 Å². The number of benzene rings is 2. The molecule has 3 heteroatoms. The van der Waals surface area contributed by atoms with E-state index in [0.29, 0.717) is 5.56 Å². The van der Waals surface area contributed by atoms with Crippen molar-refractivity contribution in [3.63, 3.8) is 0 Å². The molecule has 1 atom stereocenters. The van der Waals surface area contributed by atoms with Crippen LogP contribution in [0.25, 0.3) is 0 Å². The zero-order valence-electron chi connectivity index (χ0n) is 12.8. The van der Waals surface area contributed by atoms with Gasteiger partial charge in [-0.3, -0.25) is 4.79 Å². The number of nitrogens with one attached hydrogen (secondary N) is 1. The van der Waals surface area contributed by atoms with Gasteiger partial charge in [-0.25, -0.2) is 0 Å². The Bertz CT molecular complexity index is 679. The number of carbonyl (C=O) groups excluding carboxylic acids is 1. The lowest BCUT2D eigenvalue weighted by molar-refractivity contribution is 0.0939. The second-order valence-corrected chi connectivity index (χ2v) is 6.32. The molecular weight excluding hydrogens is 326 g/mol. The zero-order valence-corrected chi connectivity index (χ0v) is 14.4. The van der Waals surface area contributed by atoms with Gasteiger partial charge in [-0.1, -0.05) is 24.3 Å². The summed E-state index contributed by atoms with van der Waals surface area (Å²) in [6.45, 7) is 8.31. The molecule has 2 aromatic rings. The number of carbonyl (C=O) groups is 1. The van der Waals surface area contributed by atoms with Crippen LogP contribution < -0.4 is 5.32 Å². The molecule has 0 heterocycles. The summed E-state index contributed by atoms with van der Waals surface area (Å²) in [5.41, 5.74) is 5.56. The Kier molecular flexibility index (Phi) is 4.84. The van der Waals surface area contributed by atoms with Gasteiger partial charge in [-0.05, 0) is 78.0 Å². The Hall–Kier alpha value is -1.61. The molecule has 0 saturated carbocycles. The monoisotopic (exact) mass is 345 g/mol. The molecule has 0 aliphatic carbocycles. The Labute approximate surface area is 134 Å². The van der Waals surface area contributed by atoms with Crippen LogP contribution >= 0.6 is 15.9 Å². The van der Waals surface area contributed by atoms with Crippen molar-refractivity contribution < 1.29 is 4.79 Å². The lowest BCUT2D eigenvalue weighted by atomic mass is 9.96. The van der Waals surface area contributed by atoms with Gasteiger partial charge in [-0.15, -0.1) is 0 Å². The highest BCUT2D eigenvalue weighted by Gasteiger charge is 2.15. The Morgan fingerprint density at radius 2 is 1.67 bits per heavy atom. The van der Waals surface area contributed by atoms with Gasteiger partial charge in [0.15, 0.2) is 0 Å². The van der Waals surface area contributed by atoms with Crippen LogP contribution in [0.15, 0.2) is 40.9 Å². The standard InChI is InChI=1S/C18H20BrNO/c1-11-9-13(3)16(10-12(11)2)14(4)20-18(21)15-7-5-6-8-17(15)19/h5-10,14H,1-4H3,(H,20,21)/t14-/m0/s1. The molecule has 0 unspecified atom stereocenters.